The average molecular weight is 606 g/mol. The molecule has 0 aliphatic carbocycles. The van der Waals surface area contributed by atoms with Crippen LogP contribution in [-0.4, -0.2) is 66.3 Å². The molecule has 5 rings (SSSR count). The fraction of sp³-hybridized carbons (Fsp3) is 0.387. The smallest absolute Gasteiger partial charge is 0.338 e. The van der Waals surface area contributed by atoms with Crippen molar-refractivity contribution in [2.75, 3.05) is 44.7 Å². The lowest BCUT2D eigenvalue weighted by molar-refractivity contribution is -0.384. The Kier molecular flexibility index (Phi) is 8.79. The van der Waals surface area contributed by atoms with Crippen molar-refractivity contribution in [3.63, 3.8) is 0 Å². The number of hydrogen-bond acceptors (Lipinski definition) is 10. The Bertz CT molecular complexity index is 1750. The van der Waals surface area contributed by atoms with Gasteiger partial charge in [-0.15, -0.1) is 0 Å². The summed E-state index contributed by atoms with van der Waals surface area (Å²) in [5.41, 5.74) is 2.18. The second kappa shape index (κ2) is 12.5. The second-order valence-corrected chi connectivity index (χ2v) is 11.8. The molecule has 1 aromatic heterocycles. The van der Waals surface area contributed by atoms with E-state index in [4.69, 9.17) is 9.47 Å². The number of piperazine rings is 1. The van der Waals surface area contributed by atoms with Crippen LogP contribution >= 0.6 is 11.3 Å². The Hall–Kier alpha value is -4.29. The molecule has 43 heavy (non-hydrogen) atoms. The zero-order chi connectivity index (χ0) is 30.8. The summed E-state index contributed by atoms with van der Waals surface area (Å²) in [5.74, 6) is 0.131. The summed E-state index contributed by atoms with van der Waals surface area (Å²) < 4.78 is 13.0. The van der Waals surface area contributed by atoms with Gasteiger partial charge in [0.1, 0.15) is 11.4 Å². The van der Waals surface area contributed by atoms with Crippen LogP contribution in [0.4, 0.5) is 11.4 Å². The molecular formula is C31H35N5O6S. The fourth-order valence-electron chi connectivity index (χ4n) is 5.33. The molecule has 12 heteroatoms. The van der Waals surface area contributed by atoms with Gasteiger partial charge in [-0.1, -0.05) is 29.5 Å². The quantitative estimate of drug-likeness (QED) is 0.218. The highest BCUT2D eigenvalue weighted by molar-refractivity contribution is 7.07. The van der Waals surface area contributed by atoms with Crippen LogP contribution in [0.5, 0.6) is 5.75 Å². The van der Waals surface area contributed by atoms with Crippen molar-refractivity contribution in [2.45, 2.75) is 39.8 Å². The maximum Gasteiger partial charge on any atom is 0.338 e. The number of nitro benzene ring substituents is 1. The van der Waals surface area contributed by atoms with Gasteiger partial charge in [0.15, 0.2) is 4.80 Å². The largest absolute Gasteiger partial charge is 0.494 e. The zero-order valence-corrected chi connectivity index (χ0v) is 25.7. The second-order valence-electron chi connectivity index (χ2n) is 10.8. The van der Waals surface area contributed by atoms with Crippen molar-refractivity contribution in [3.05, 3.63) is 94.7 Å². The first-order valence-electron chi connectivity index (χ1n) is 14.3. The van der Waals surface area contributed by atoms with E-state index in [9.17, 15) is 19.7 Å². The van der Waals surface area contributed by atoms with Gasteiger partial charge in [-0.2, -0.15) is 0 Å². The monoisotopic (exact) mass is 605 g/mol. The summed E-state index contributed by atoms with van der Waals surface area (Å²) in [6.45, 7) is 10.7. The number of allylic oxidation sites excluding steroid dienone is 1. The fourth-order valence-corrected chi connectivity index (χ4v) is 6.38. The normalized spacial score (nSPS) is 17.6. The molecule has 0 radical (unpaired) electrons. The van der Waals surface area contributed by atoms with Crippen molar-refractivity contribution in [2.24, 2.45) is 4.99 Å². The van der Waals surface area contributed by atoms with Gasteiger partial charge in [0, 0.05) is 32.2 Å². The van der Waals surface area contributed by atoms with Crippen LogP contribution < -0.4 is 24.5 Å². The minimum Gasteiger partial charge on any atom is -0.494 e. The Morgan fingerprint density at radius 1 is 1.16 bits per heavy atom. The van der Waals surface area contributed by atoms with Gasteiger partial charge >= 0.3 is 5.97 Å². The predicted molar refractivity (Wildman–Crippen MR) is 165 cm³/mol. The Balaban J connectivity index is 1.61. The van der Waals surface area contributed by atoms with Crippen LogP contribution in [0.2, 0.25) is 0 Å². The van der Waals surface area contributed by atoms with Crippen LogP contribution in [0.3, 0.4) is 0 Å². The van der Waals surface area contributed by atoms with Gasteiger partial charge in [0.2, 0.25) is 0 Å². The Morgan fingerprint density at radius 3 is 2.49 bits per heavy atom. The van der Waals surface area contributed by atoms with Gasteiger partial charge in [-0.25, -0.2) is 9.79 Å². The number of carbonyl (C=O) groups is 1. The molecule has 0 spiro atoms. The first kappa shape index (κ1) is 30.2. The Morgan fingerprint density at radius 2 is 1.86 bits per heavy atom. The molecule has 11 nitrogen and oxygen atoms in total. The van der Waals surface area contributed by atoms with Gasteiger partial charge < -0.3 is 19.3 Å². The number of benzene rings is 2. The number of nitro groups is 1. The van der Waals surface area contributed by atoms with Crippen molar-refractivity contribution >= 4 is 34.8 Å². The summed E-state index contributed by atoms with van der Waals surface area (Å²) in [7, 11) is 2.03. The van der Waals surface area contributed by atoms with E-state index in [-0.39, 0.29) is 27.8 Å². The number of rotatable bonds is 8. The van der Waals surface area contributed by atoms with Gasteiger partial charge in [0.25, 0.3) is 11.2 Å². The first-order valence-corrected chi connectivity index (χ1v) is 15.1. The summed E-state index contributed by atoms with van der Waals surface area (Å²) in [4.78, 5) is 48.2. The first-order chi connectivity index (χ1) is 20.6. The molecule has 2 aliphatic rings. The van der Waals surface area contributed by atoms with Gasteiger partial charge in [-0.05, 0) is 70.1 Å². The average Bonchev–Trinajstić information content (AvgIpc) is 3.26. The molecule has 1 saturated heterocycles. The van der Waals surface area contributed by atoms with Crippen LogP contribution in [0.1, 0.15) is 44.9 Å². The number of anilines is 1. The van der Waals surface area contributed by atoms with Crippen LogP contribution in [0.15, 0.2) is 63.5 Å². The standard InChI is InChI=1S/C31H35N5O6S/c1-6-41-23-10-8-22(9-11-23)28-27(30(38)42-19(2)3)20(4)32-31-35(28)29(37)26(43-31)18-21-7-12-24(25(17-21)36(39)40)34-15-13-33(5)14-16-34/h7-12,17-19,28H,6,13-16H2,1-5H3/b26-18-/t28-/m1/s1. The predicted octanol–water partition coefficient (Wildman–Crippen LogP) is 3.25. The number of likely N-dealkylation sites (N-methyl/N-ethyl adjacent to an activating group) is 1. The molecule has 0 N–H and O–H groups in total. The molecule has 1 atom stereocenters. The molecule has 0 unspecified atom stereocenters. The number of fused-ring (bicyclic) bond motifs is 1. The molecule has 2 aliphatic heterocycles. The van der Waals surface area contributed by atoms with Crippen molar-refractivity contribution < 1.29 is 19.2 Å². The highest BCUT2D eigenvalue weighted by atomic mass is 32.1. The molecule has 2 aromatic carbocycles. The van der Waals surface area contributed by atoms with Crippen molar-refractivity contribution in [1.29, 1.82) is 0 Å². The minimum absolute atomic E-state index is 0.00657. The van der Waals surface area contributed by atoms with E-state index >= 15 is 0 Å². The van der Waals surface area contributed by atoms with E-state index < -0.39 is 12.0 Å². The SMILES string of the molecule is CCOc1ccc([C@@H]2C(C(=O)OC(C)C)=C(C)N=c3s/c(=C\c4ccc(N5CCN(C)CC5)c([N+](=O)[O-])c4)c(=O)n32)cc1. The van der Waals surface area contributed by atoms with Crippen molar-refractivity contribution in [1.82, 2.24) is 9.47 Å². The lowest BCUT2D eigenvalue weighted by Gasteiger charge is -2.33. The molecule has 0 bridgehead atoms. The molecule has 3 heterocycles. The summed E-state index contributed by atoms with van der Waals surface area (Å²) in [6, 6.07) is 11.5. The third kappa shape index (κ3) is 6.25. The molecule has 0 amide bonds. The topological polar surface area (TPSA) is 120 Å². The summed E-state index contributed by atoms with van der Waals surface area (Å²) >= 11 is 1.18. The minimum atomic E-state index is -0.769. The van der Waals surface area contributed by atoms with E-state index in [1.54, 1.807) is 51.1 Å². The molecule has 226 valence electrons. The highest BCUT2D eigenvalue weighted by Gasteiger charge is 2.34. The summed E-state index contributed by atoms with van der Waals surface area (Å²) in [6.07, 6.45) is 1.29. The molecule has 3 aromatic rings. The number of nitrogens with zero attached hydrogens (tertiary/aromatic N) is 5. The molecular weight excluding hydrogens is 570 g/mol. The third-order valence-corrected chi connectivity index (χ3v) is 8.41. The molecule has 1 fully saturated rings. The van der Waals surface area contributed by atoms with Gasteiger partial charge in [0.05, 0.1) is 39.5 Å². The van der Waals surface area contributed by atoms with E-state index in [1.807, 2.05) is 31.0 Å². The van der Waals surface area contributed by atoms with Crippen LogP contribution in [0, 0.1) is 10.1 Å². The van der Waals surface area contributed by atoms with E-state index in [0.29, 0.717) is 57.3 Å². The van der Waals surface area contributed by atoms with Crippen LogP contribution in [-0.2, 0) is 9.53 Å². The number of aromatic nitrogens is 1. The Labute approximate surface area is 253 Å². The number of esters is 1. The van der Waals surface area contributed by atoms with Gasteiger partial charge in [-0.3, -0.25) is 19.5 Å². The maximum atomic E-state index is 14.0. The van der Waals surface area contributed by atoms with Crippen LogP contribution in [0.25, 0.3) is 6.08 Å². The number of carbonyl (C=O) groups excluding carboxylic acids is 1. The number of ether oxygens (including phenoxy) is 2. The van der Waals surface area contributed by atoms with Crippen molar-refractivity contribution in [3.8, 4) is 5.75 Å². The molecule has 0 saturated carbocycles. The lowest BCUT2D eigenvalue weighted by atomic mass is 9.96. The lowest BCUT2D eigenvalue weighted by Crippen LogP contribution is -2.44. The zero-order valence-electron chi connectivity index (χ0n) is 24.9. The third-order valence-electron chi connectivity index (χ3n) is 7.43. The number of hydrogen-bond donors (Lipinski definition) is 0. The van der Waals surface area contributed by atoms with E-state index in [0.717, 1.165) is 13.1 Å². The van der Waals surface area contributed by atoms with E-state index in [2.05, 4.69) is 9.89 Å². The highest BCUT2D eigenvalue weighted by Crippen LogP contribution is 2.33. The summed E-state index contributed by atoms with van der Waals surface area (Å²) in [5, 5.41) is 12.1. The van der Waals surface area contributed by atoms with E-state index in [1.165, 1.54) is 22.0 Å². The maximum absolute atomic E-state index is 14.0. The number of thiazole rings is 1.